The van der Waals surface area contributed by atoms with Gasteiger partial charge in [0.2, 0.25) is 5.82 Å². The normalized spacial score (nSPS) is 10.7. The quantitative estimate of drug-likeness (QED) is 0.617. The molecule has 0 saturated carbocycles. The molecule has 1 aromatic heterocycles. The topological polar surface area (TPSA) is 79.5 Å². The number of alkyl halides is 2. The Morgan fingerprint density at radius 2 is 2.28 bits per heavy atom. The monoisotopic (exact) mass is 261 g/mol. The molecule has 0 spiro atoms. The molecule has 100 valence electrons. The number of hydrogen-bond acceptors (Lipinski definition) is 5. The van der Waals surface area contributed by atoms with Gasteiger partial charge < -0.3 is 10.0 Å². The third-order valence-electron chi connectivity index (χ3n) is 2.32. The van der Waals surface area contributed by atoms with Crippen molar-refractivity contribution in [1.82, 2.24) is 4.98 Å². The Hall–Kier alpha value is -1.83. The van der Waals surface area contributed by atoms with Gasteiger partial charge in [-0.05, 0) is 13.0 Å². The number of anilines is 1. The minimum Gasteiger partial charge on any atom is -0.395 e. The third-order valence-corrected chi connectivity index (χ3v) is 2.32. The number of aryl methyl sites for hydroxylation is 1. The Balaban J connectivity index is 3.18. The van der Waals surface area contributed by atoms with Crippen LogP contribution in [0, 0.1) is 17.0 Å². The molecule has 6 nitrogen and oxygen atoms in total. The minimum absolute atomic E-state index is 0.137. The van der Waals surface area contributed by atoms with E-state index in [1.807, 2.05) is 0 Å². The molecule has 0 fully saturated rings. The fourth-order valence-corrected chi connectivity index (χ4v) is 1.56. The Morgan fingerprint density at radius 3 is 2.78 bits per heavy atom. The number of rotatable bonds is 6. The lowest BCUT2D eigenvalue weighted by atomic mass is 10.2. The van der Waals surface area contributed by atoms with E-state index in [1.54, 1.807) is 0 Å². The first-order chi connectivity index (χ1) is 8.47. The number of pyridine rings is 1. The average Bonchev–Trinajstić information content (AvgIpc) is 2.27. The molecule has 0 aliphatic rings. The molecule has 1 heterocycles. The molecule has 0 saturated heterocycles. The Bertz CT molecular complexity index is 429. The summed E-state index contributed by atoms with van der Waals surface area (Å²) >= 11 is 0. The number of nitrogens with zero attached hydrogens (tertiary/aromatic N) is 3. The lowest BCUT2D eigenvalue weighted by molar-refractivity contribution is -0.384. The number of aliphatic hydroxyl groups excluding tert-OH is 1. The molecule has 1 N–H and O–H groups in total. The Labute approximate surface area is 102 Å². The molecular formula is C10H13F2N3O3. The summed E-state index contributed by atoms with van der Waals surface area (Å²) in [6.45, 7) is 0.266. The highest BCUT2D eigenvalue weighted by Gasteiger charge is 2.25. The number of aliphatic hydroxyl groups is 1. The van der Waals surface area contributed by atoms with Gasteiger partial charge in [-0.2, -0.15) is 0 Å². The van der Waals surface area contributed by atoms with Crippen molar-refractivity contribution in [2.24, 2.45) is 0 Å². The molecule has 1 rings (SSSR count). The van der Waals surface area contributed by atoms with E-state index in [2.05, 4.69) is 4.98 Å². The van der Waals surface area contributed by atoms with Crippen LogP contribution in [-0.2, 0) is 0 Å². The van der Waals surface area contributed by atoms with Crippen LogP contribution < -0.4 is 4.90 Å². The van der Waals surface area contributed by atoms with E-state index >= 15 is 0 Å². The van der Waals surface area contributed by atoms with Crippen LogP contribution in [0.3, 0.4) is 0 Å². The first-order valence-electron chi connectivity index (χ1n) is 5.21. The van der Waals surface area contributed by atoms with Crippen molar-refractivity contribution in [3.8, 4) is 0 Å². The maximum Gasteiger partial charge on any atom is 0.314 e. The average molecular weight is 261 g/mol. The molecule has 0 aliphatic carbocycles. The molecule has 8 heteroatoms. The van der Waals surface area contributed by atoms with Gasteiger partial charge in [-0.1, -0.05) is 0 Å². The first-order valence-corrected chi connectivity index (χ1v) is 5.21. The molecule has 0 unspecified atom stereocenters. The zero-order chi connectivity index (χ0) is 13.7. The highest BCUT2D eigenvalue weighted by Crippen LogP contribution is 2.29. The van der Waals surface area contributed by atoms with Gasteiger partial charge in [-0.25, -0.2) is 13.8 Å². The standard InChI is InChI=1S/C10H13F2N3O3/c1-7-2-3-13-10(9(7)15(17)18)14(4-5-16)6-8(11)12/h2-3,8,16H,4-6H2,1H3. The van der Waals surface area contributed by atoms with Gasteiger partial charge in [0.1, 0.15) is 0 Å². The van der Waals surface area contributed by atoms with Crippen molar-refractivity contribution >= 4 is 11.5 Å². The molecular weight excluding hydrogens is 248 g/mol. The van der Waals surface area contributed by atoms with Gasteiger partial charge in [-0.15, -0.1) is 0 Å². The van der Waals surface area contributed by atoms with E-state index in [1.165, 1.54) is 19.2 Å². The van der Waals surface area contributed by atoms with Gasteiger partial charge in [0, 0.05) is 18.3 Å². The van der Waals surface area contributed by atoms with Crippen LogP contribution in [0.4, 0.5) is 20.3 Å². The largest absolute Gasteiger partial charge is 0.395 e. The van der Waals surface area contributed by atoms with Crippen molar-refractivity contribution in [2.75, 3.05) is 24.6 Å². The third kappa shape index (κ3) is 3.33. The smallest absolute Gasteiger partial charge is 0.314 e. The molecule has 18 heavy (non-hydrogen) atoms. The summed E-state index contributed by atoms with van der Waals surface area (Å²) in [5, 5.41) is 19.8. The van der Waals surface area contributed by atoms with E-state index in [0.717, 1.165) is 4.90 Å². The van der Waals surface area contributed by atoms with E-state index in [9.17, 15) is 18.9 Å². The maximum absolute atomic E-state index is 12.4. The van der Waals surface area contributed by atoms with Crippen molar-refractivity contribution in [3.63, 3.8) is 0 Å². The summed E-state index contributed by atoms with van der Waals surface area (Å²) < 4.78 is 24.8. The van der Waals surface area contributed by atoms with E-state index in [-0.39, 0.29) is 24.7 Å². The fraction of sp³-hybridized carbons (Fsp3) is 0.500. The van der Waals surface area contributed by atoms with E-state index in [4.69, 9.17) is 5.11 Å². The van der Waals surface area contributed by atoms with Crippen molar-refractivity contribution in [3.05, 3.63) is 27.9 Å². The predicted molar refractivity (Wildman–Crippen MR) is 60.9 cm³/mol. The second-order valence-corrected chi connectivity index (χ2v) is 3.62. The van der Waals surface area contributed by atoms with Crippen molar-refractivity contribution in [2.45, 2.75) is 13.3 Å². The molecule has 0 amide bonds. The number of halogens is 2. The summed E-state index contributed by atoms with van der Waals surface area (Å²) in [5.41, 5.74) is 0.0220. The van der Waals surface area contributed by atoms with Gasteiger partial charge in [-0.3, -0.25) is 10.1 Å². The van der Waals surface area contributed by atoms with Gasteiger partial charge in [0.05, 0.1) is 18.1 Å². The molecule has 1 aromatic rings. The molecule has 0 aliphatic heterocycles. The van der Waals surface area contributed by atoms with E-state index in [0.29, 0.717) is 5.56 Å². The second-order valence-electron chi connectivity index (χ2n) is 3.62. The van der Waals surface area contributed by atoms with Gasteiger partial charge >= 0.3 is 5.69 Å². The second kappa shape index (κ2) is 6.20. The molecule has 0 bridgehead atoms. The summed E-state index contributed by atoms with van der Waals surface area (Å²) in [6.07, 6.45) is -1.36. The van der Waals surface area contributed by atoms with Crippen LogP contribution in [0.15, 0.2) is 12.3 Å². The first kappa shape index (κ1) is 14.2. The SMILES string of the molecule is Cc1ccnc(N(CCO)CC(F)F)c1[N+](=O)[O-]. The molecule has 0 atom stereocenters. The minimum atomic E-state index is -2.67. The highest BCUT2D eigenvalue weighted by atomic mass is 19.3. The zero-order valence-electron chi connectivity index (χ0n) is 9.71. The van der Waals surface area contributed by atoms with Crippen LogP contribution in [0.1, 0.15) is 5.56 Å². The van der Waals surface area contributed by atoms with Gasteiger partial charge in [0.15, 0.2) is 0 Å². The van der Waals surface area contributed by atoms with Crippen LogP contribution >= 0.6 is 0 Å². The number of hydrogen-bond donors (Lipinski definition) is 1. The Kier molecular flexibility index (Phi) is 4.90. The highest BCUT2D eigenvalue weighted by molar-refractivity contribution is 5.61. The summed E-state index contributed by atoms with van der Waals surface area (Å²) in [6, 6.07) is 1.43. The predicted octanol–water partition coefficient (Wildman–Crippen LogP) is 1.36. The number of nitro groups is 1. The van der Waals surface area contributed by atoms with Gasteiger partial charge in [0.25, 0.3) is 6.43 Å². The summed E-state index contributed by atoms with van der Waals surface area (Å²) in [5.74, 6) is -0.144. The van der Waals surface area contributed by atoms with E-state index < -0.39 is 17.9 Å². The van der Waals surface area contributed by atoms with Crippen LogP contribution in [0.2, 0.25) is 0 Å². The fourth-order valence-electron chi connectivity index (χ4n) is 1.56. The van der Waals surface area contributed by atoms with Crippen molar-refractivity contribution < 1.29 is 18.8 Å². The Morgan fingerprint density at radius 1 is 1.61 bits per heavy atom. The van der Waals surface area contributed by atoms with Crippen molar-refractivity contribution in [1.29, 1.82) is 0 Å². The molecule has 0 radical (unpaired) electrons. The van der Waals surface area contributed by atoms with Crippen LogP contribution in [0.25, 0.3) is 0 Å². The summed E-state index contributed by atoms with van der Waals surface area (Å²) in [7, 11) is 0. The van der Waals surface area contributed by atoms with Crippen LogP contribution in [-0.4, -0.2) is 41.1 Å². The number of aromatic nitrogens is 1. The lowest BCUT2D eigenvalue weighted by Crippen LogP contribution is -2.33. The summed E-state index contributed by atoms with van der Waals surface area (Å²) in [4.78, 5) is 15.0. The lowest BCUT2D eigenvalue weighted by Gasteiger charge is -2.22. The zero-order valence-corrected chi connectivity index (χ0v) is 9.71. The molecule has 0 aromatic carbocycles. The van der Waals surface area contributed by atoms with Crippen LogP contribution in [0.5, 0.6) is 0 Å². The maximum atomic E-state index is 12.4.